The summed E-state index contributed by atoms with van der Waals surface area (Å²) in [4.78, 5) is 12.0. The van der Waals surface area contributed by atoms with Crippen molar-refractivity contribution in [3.8, 4) is 0 Å². The molecule has 0 saturated carbocycles. The summed E-state index contributed by atoms with van der Waals surface area (Å²) in [6.45, 7) is 6.55. The molecule has 0 heterocycles. The Balaban J connectivity index is 0.00000361. The molecule has 0 aliphatic rings. The van der Waals surface area contributed by atoms with Gasteiger partial charge >= 0.3 is 0 Å². The lowest BCUT2D eigenvalue weighted by molar-refractivity contribution is -0.122. The van der Waals surface area contributed by atoms with Crippen LogP contribution in [0.3, 0.4) is 0 Å². The van der Waals surface area contributed by atoms with E-state index in [1.807, 2.05) is 6.92 Å². The standard InChI is InChI=1S/C15H23FN2O.ClH/c1-11(2)9-15(3,10-17)18-14(19)8-12-4-6-13(16)7-5-12;/h4-7,11H,8-10,17H2,1-3H3,(H,18,19);1H. The van der Waals surface area contributed by atoms with Gasteiger partial charge in [0.05, 0.1) is 6.42 Å². The Kier molecular flexibility index (Phi) is 7.76. The summed E-state index contributed by atoms with van der Waals surface area (Å²) in [5, 5.41) is 2.98. The molecule has 1 rings (SSSR count). The molecule has 114 valence electrons. The Hall–Kier alpha value is -1.13. The second-order valence-corrected chi connectivity index (χ2v) is 5.71. The van der Waals surface area contributed by atoms with Gasteiger partial charge in [-0.25, -0.2) is 4.39 Å². The fraction of sp³-hybridized carbons (Fsp3) is 0.533. The summed E-state index contributed by atoms with van der Waals surface area (Å²) in [5.41, 5.74) is 6.16. The predicted molar refractivity (Wildman–Crippen MR) is 82.4 cm³/mol. The van der Waals surface area contributed by atoms with Crippen LogP contribution in [0.15, 0.2) is 24.3 Å². The van der Waals surface area contributed by atoms with Gasteiger partial charge in [-0.3, -0.25) is 4.79 Å². The van der Waals surface area contributed by atoms with Crippen molar-refractivity contribution in [3.05, 3.63) is 35.6 Å². The van der Waals surface area contributed by atoms with Gasteiger partial charge in [0.25, 0.3) is 0 Å². The normalized spacial score (nSPS) is 13.5. The van der Waals surface area contributed by atoms with Crippen molar-refractivity contribution in [1.29, 1.82) is 0 Å². The van der Waals surface area contributed by atoms with Gasteiger partial charge in [-0.05, 0) is 37.0 Å². The summed E-state index contributed by atoms with van der Waals surface area (Å²) in [5.74, 6) is 0.0793. The molecule has 3 N–H and O–H groups in total. The number of carbonyl (C=O) groups excluding carboxylic acids is 1. The van der Waals surface area contributed by atoms with Crippen LogP contribution in [-0.2, 0) is 11.2 Å². The summed E-state index contributed by atoms with van der Waals surface area (Å²) < 4.78 is 12.8. The van der Waals surface area contributed by atoms with Crippen molar-refractivity contribution in [3.63, 3.8) is 0 Å². The van der Waals surface area contributed by atoms with Crippen LogP contribution < -0.4 is 11.1 Å². The molecule has 20 heavy (non-hydrogen) atoms. The van der Waals surface area contributed by atoms with Crippen LogP contribution >= 0.6 is 12.4 Å². The first-order valence-corrected chi connectivity index (χ1v) is 6.60. The molecule has 1 amide bonds. The number of hydrogen-bond donors (Lipinski definition) is 2. The Morgan fingerprint density at radius 3 is 2.35 bits per heavy atom. The van der Waals surface area contributed by atoms with Crippen molar-refractivity contribution in [2.75, 3.05) is 6.54 Å². The van der Waals surface area contributed by atoms with E-state index in [2.05, 4.69) is 19.2 Å². The number of halogens is 2. The molecule has 1 unspecified atom stereocenters. The van der Waals surface area contributed by atoms with Crippen molar-refractivity contribution in [2.45, 2.75) is 39.2 Å². The lowest BCUT2D eigenvalue weighted by Gasteiger charge is -2.31. The highest BCUT2D eigenvalue weighted by Gasteiger charge is 2.25. The molecular weight excluding hydrogens is 279 g/mol. The average molecular weight is 303 g/mol. The van der Waals surface area contributed by atoms with Crippen LogP contribution in [0.2, 0.25) is 0 Å². The van der Waals surface area contributed by atoms with E-state index < -0.39 is 0 Å². The molecule has 0 aliphatic heterocycles. The van der Waals surface area contributed by atoms with E-state index in [1.165, 1.54) is 12.1 Å². The van der Waals surface area contributed by atoms with Crippen LogP contribution in [0.1, 0.15) is 32.8 Å². The van der Waals surface area contributed by atoms with E-state index in [0.717, 1.165) is 12.0 Å². The Morgan fingerprint density at radius 2 is 1.90 bits per heavy atom. The van der Waals surface area contributed by atoms with Gasteiger partial charge in [-0.15, -0.1) is 12.4 Å². The lowest BCUT2D eigenvalue weighted by Crippen LogP contribution is -2.52. The SMILES string of the molecule is CC(C)CC(C)(CN)NC(=O)Cc1ccc(F)cc1.Cl. The topological polar surface area (TPSA) is 55.1 Å². The highest BCUT2D eigenvalue weighted by Crippen LogP contribution is 2.15. The Bertz CT molecular complexity index is 422. The Morgan fingerprint density at radius 1 is 1.35 bits per heavy atom. The molecule has 0 spiro atoms. The van der Waals surface area contributed by atoms with Crippen LogP contribution in [0, 0.1) is 11.7 Å². The molecule has 1 atom stereocenters. The number of nitrogens with two attached hydrogens (primary N) is 1. The van der Waals surface area contributed by atoms with Gasteiger partial charge < -0.3 is 11.1 Å². The third kappa shape index (κ3) is 6.35. The van der Waals surface area contributed by atoms with Gasteiger partial charge in [0.15, 0.2) is 0 Å². The third-order valence-corrected chi connectivity index (χ3v) is 3.03. The lowest BCUT2D eigenvalue weighted by atomic mass is 9.90. The highest BCUT2D eigenvalue weighted by atomic mass is 35.5. The first-order chi connectivity index (χ1) is 8.84. The summed E-state index contributed by atoms with van der Waals surface area (Å²) in [6, 6.07) is 5.96. The fourth-order valence-corrected chi connectivity index (χ4v) is 2.25. The van der Waals surface area contributed by atoms with Crippen LogP contribution in [0.4, 0.5) is 4.39 Å². The Labute approximate surface area is 126 Å². The number of hydrogen-bond acceptors (Lipinski definition) is 2. The second kappa shape index (κ2) is 8.22. The predicted octanol–water partition coefficient (Wildman–Crippen LogP) is 2.67. The number of amides is 1. The first-order valence-electron chi connectivity index (χ1n) is 6.60. The monoisotopic (exact) mass is 302 g/mol. The molecule has 1 aromatic rings. The van der Waals surface area contributed by atoms with Gasteiger partial charge in [-0.2, -0.15) is 0 Å². The van der Waals surface area contributed by atoms with E-state index in [1.54, 1.807) is 12.1 Å². The molecule has 1 aromatic carbocycles. The fourth-order valence-electron chi connectivity index (χ4n) is 2.25. The van der Waals surface area contributed by atoms with E-state index >= 15 is 0 Å². The van der Waals surface area contributed by atoms with Crippen molar-refractivity contribution < 1.29 is 9.18 Å². The maximum Gasteiger partial charge on any atom is 0.224 e. The maximum absolute atomic E-state index is 12.8. The number of rotatable bonds is 6. The second-order valence-electron chi connectivity index (χ2n) is 5.71. The number of nitrogens with one attached hydrogen (secondary N) is 1. The van der Waals surface area contributed by atoms with Crippen molar-refractivity contribution in [1.82, 2.24) is 5.32 Å². The van der Waals surface area contributed by atoms with Gasteiger partial charge in [0.2, 0.25) is 5.91 Å². The minimum Gasteiger partial charge on any atom is -0.349 e. The third-order valence-electron chi connectivity index (χ3n) is 3.03. The highest BCUT2D eigenvalue weighted by molar-refractivity contribution is 5.85. The number of benzene rings is 1. The minimum atomic E-state index is -0.384. The average Bonchev–Trinajstić information content (AvgIpc) is 2.31. The van der Waals surface area contributed by atoms with Gasteiger partial charge in [0.1, 0.15) is 5.82 Å². The van der Waals surface area contributed by atoms with Crippen LogP contribution in [0.5, 0.6) is 0 Å². The maximum atomic E-state index is 12.8. The largest absolute Gasteiger partial charge is 0.349 e. The van der Waals surface area contributed by atoms with E-state index in [0.29, 0.717) is 12.5 Å². The molecular formula is C15H24ClFN2O. The summed E-state index contributed by atoms with van der Waals surface area (Å²) >= 11 is 0. The minimum absolute atomic E-state index is 0. The molecule has 0 bridgehead atoms. The van der Waals surface area contributed by atoms with Crippen LogP contribution in [0.25, 0.3) is 0 Å². The van der Waals surface area contributed by atoms with Gasteiger partial charge in [0, 0.05) is 12.1 Å². The zero-order valence-electron chi connectivity index (χ0n) is 12.3. The summed E-state index contributed by atoms with van der Waals surface area (Å²) in [7, 11) is 0. The van der Waals surface area contributed by atoms with Crippen molar-refractivity contribution in [2.24, 2.45) is 11.7 Å². The van der Waals surface area contributed by atoms with E-state index in [4.69, 9.17) is 5.73 Å². The van der Waals surface area contributed by atoms with E-state index in [-0.39, 0.29) is 36.1 Å². The van der Waals surface area contributed by atoms with E-state index in [9.17, 15) is 9.18 Å². The van der Waals surface area contributed by atoms with Crippen molar-refractivity contribution >= 4 is 18.3 Å². The molecule has 0 fully saturated rings. The zero-order valence-corrected chi connectivity index (χ0v) is 13.1. The quantitative estimate of drug-likeness (QED) is 0.849. The summed E-state index contributed by atoms with van der Waals surface area (Å²) in [6.07, 6.45) is 1.08. The van der Waals surface area contributed by atoms with Crippen LogP contribution in [-0.4, -0.2) is 18.0 Å². The molecule has 0 radical (unpaired) electrons. The zero-order chi connectivity index (χ0) is 14.5. The van der Waals surface area contributed by atoms with Gasteiger partial charge in [-0.1, -0.05) is 26.0 Å². The molecule has 5 heteroatoms. The smallest absolute Gasteiger partial charge is 0.224 e. The molecule has 0 aromatic heterocycles. The number of carbonyl (C=O) groups is 1. The molecule has 0 saturated heterocycles. The molecule has 3 nitrogen and oxygen atoms in total. The first kappa shape index (κ1) is 18.9. The molecule has 0 aliphatic carbocycles.